The van der Waals surface area contributed by atoms with Crippen LogP contribution in [-0.2, 0) is 4.79 Å². The van der Waals surface area contributed by atoms with E-state index in [9.17, 15) is 4.79 Å². The molecule has 0 aliphatic heterocycles. The Balaban J connectivity index is 2.14. The maximum atomic E-state index is 11.0. The van der Waals surface area contributed by atoms with E-state index in [2.05, 4.69) is 15.3 Å². The van der Waals surface area contributed by atoms with Gasteiger partial charge in [0.15, 0.2) is 0 Å². The van der Waals surface area contributed by atoms with Gasteiger partial charge in [-0.15, -0.1) is 0 Å². The molecule has 5 heteroatoms. The third-order valence-corrected chi connectivity index (χ3v) is 4.57. The van der Waals surface area contributed by atoms with Crippen LogP contribution in [0.5, 0.6) is 0 Å². The zero-order chi connectivity index (χ0) is 13.7. The van der Waals surface area contributed by atoms with Gasteiger partial charge in [0, 0.05) is 0 Å². The van der Waals surface area contributed by atoms with Crippen LogP contribution >= 0.6 is 0 Å². The number of aromatic nitrogens is 2. The SMILES string of the molecule is CC(=O)NC(C)[As]c1ccnc(-c2ccccc2)n1. The first kappa shape index (κ1) is 13.8. The average Bonchev–Trinajstić information content (AvgIpc) is 2.39. The summed E-state index contributed by atoms with van der Waals surface area (Å²) in [4.78, 5) is 20.0. The molecule has 1 aromatic carbocycles. The molecule has 19 heavy (non-hydrogen) atoms. The molecule has 1 N–H and O–H groups in total. The van der Waals surface area contributed by atoms with Gasteiger partial charge in [-0.05, 0) is 0 Å². The van der Waals surface area contributed by atoms with Crippen LogP contribution in [0.1, 0.15) is 13.8 Å². The maximum absolute atomic E-state index is 11.0. The average molecular weight is 316 g/mol. The molecule has 4 nitrogen and oxygen atoms in total. The Morgan fingerprint density at radius 1 is 1.26 bits per heavy atom. The van der Waals surface area contributed by atoms with Gasteiger partial charge in [0.05, 0.1) is 0 Å². The predicted molar refractivity (Wildman–Crippen MR) is 76.1 cm³/mol. The normalized spacial score (nSPS) is 12.5. The Morgan fingerprint density at radius 2 is 2.00 bits per heavy atom. The van der Waals surface area contributed by atoms with Crippen LogP contribution in [0.25, 0.3) is 11.4 Å². The standard InChI is InChI=1S/C14H15AsN3O/c1-10(17-11(2)19)15-13-8-9-16-14(18-13)12-6-4-3-5-7-12/h3-10H,1-2H3,(H,17,19). The van der Waals surface area contributed by atoms with Crippen molar-refractivity contribution in [2.75, 3.05) is 0 Å². The number of hydrogen-bond acceptors (Lipinski definition) is 3. The fourth-order valence-corrected chi connectivity index (χ4v) is 3.66. The zero-order valence-electron chi connectivity index (χ0n) is 10.9. The van der Waals surface area contributed by atoms with Crippen LogP contribution in [0, 0.1) is 0 Å². The molecule has 97 valence electrons. The van der Waals surface area contributed by atoms with Gasteiger partial charge in [-0.1, -0.05) is 0 Å². The fraction of sp³-hybridized carbons (Fsp3) is 0.214. The number of carbonyl (C=O) groups is 1. The van der Waals surface area contributed by atoms with Gasteiger partial charge >= 0.3 is 119 Å². The first-order valence-corrected chi connectivity index (χ1v) is 8.04. The van der Waals surface area contributed by atoms with E-state index in [-0.39, 0.29) is 26.5 Å². The Hall–Kier alpha value is -1.67. The summed E-state index contributed by atoms with van der Waals surface area (Å²) in [5, 5.41) is 2.89. The minimum atomic E-state index is -0.205. The van der Waals surface area contributed by atoms with E-state index in [0.29, 0.717) is 0 Å². The fourth-order valence-electron chi connectivity index (χ4n) is 1.67. The second-order valence-corrected chi connectivity index (χ2v) is 7.24. The van der Waals surface area contributed by atoms with Crippen molar-refractivity contribution in [2.45, 2.75) is 18.7 Å². The summed E-state index contributed by atoms with van der Waals surface area (Å²) < 4.78 is 1.02. The van der Waals surface area contributed by atoms with Crippen molar-refractivity contribution in [1.29, 1.82) is 0 Å². The molecule has 0 fully saturated rings. The molecule has 1 heterocycles. The molecule has 0 aliphatic carbocycles. The number of rotatable bonds is 4. The van der Waals surface area contributed by atoms with Gasteiger partial charge in [0.25, 0.3) is 0 Å². The molecule has 1 radical (unpaired) electrons. The van der Waals surface area contributed by atoms with Gasteiger partial charge < -0.3 is 0 Å². The molecule has 0 saturated carbocycles. The number of hydrogen-bond donors (Lipinski definition) is 1. The van der Waals surface area contributed by atoms with Crippen molar-refractivity contribution in [3.63, 3.8) is 0 Å². The predicted octanol–water partition coefficient (Wildman–Crippen LogP) is 0.955. The van der Waals surface area contributed by atoms with Gasteiger partial charge in [-0.25, -0.2) is 0 Å². The van der Waals surface area contributed by atoms with Crippen LogP contribution in [-0.4, -0.2) is 36.5 Å². The Kier molecular flexibility index (Phi) is 4.69. The van der Waals surface area contributed by atoms with E-state index < -0.39 is 0 Å². The van der Waals surface area contributed by atoms with Crippen molar-refractivity contribution in [3.05, 3.63) is 42.6 Å². The quantitative estimate of drug-likeness (QED) is 0.855. The number of benzene rings is 1. The summed E-state index contributed by atoms with van der Waals surface area (Å²) in [5.41, 5.74) is 1.01. The van der Waals surface area contributed by atoms with Crippen LogP contribution in [0.15, 0.2) is 42.6 Å². The van der Waals surface area contributed by atoms with E-state index in [1.165, 1.54) is 6.92 Å². The van der Waals surface area contributed by atoms with E-state index in [4.69, 9.17) is 0 Å². The molecular weight excluding hydrogens is 301 g/mol. The summed E-state index contributed by atoms with van der Waals surface area (Å²) >= 11 is -0.205. The number of nitrogens with one attached hydrogen (secondary N) is 1. The summed E-state index contributed by atoms with van der Waals surface area (Å²) in [6.45, 7) is 3.54. The number of amides is 1. The summed E-state index contributed by atoms with van der Waals surface area (Å²) in [6, 6.07) is 11.8. The van der Waals surface area contributed by atoms with E-state index in [1.807, 2.05) is 43.3 Å². The molecule has 0 aliphatic rings. The Bertz CT molecular complexity index is 560. The number of carbonyl (C=O) groups excluding carboxylic acids is 1. The van der Waals surface area contributed by atoms with Crippen LogP contribution in [0.2, 0.25) is 0 Å². The Labute approximate surface area is 119 Å². The summed E-state index contributed by atoms with van der Waals surface area (Å²) in [6.07, 6.45) is 1.78. The van der Waals surface area contributed by atoms with Crippen molar-refractivity contribution in [2.24, 2.45) is 0 Å². The van der Waals surface area contributed by atoms with Crippen molar-refractivity contribution < 1.29 is 4.79 Å². The molecule has 1 amide bonds. The zero-order valence-corrected chi connectivity index (χ0v) is 12.7. The molecular formula is C14H15AsN3O. The van der Waals surface area contributed by atoms with Crippen molar-refractivity contribution >= 4 is 26.1 Å². The molecule has 0 saturated heterocycles. The third kappa shape index (κ3) is 4.18. The first-order chi connectivity index (χ1) is 9.15. The third-order valence-electron chi connectivity index (χ3n) is 2.41. The first-order valence-electron chi connectivity index (χ1n) is 6.01. The van der Waals surface area contributed by atoms with Crippen LogP contribution in [0.4, 0.5) is 0 Å². The Morgan fingerprint density at radius 3 is 2.68 bits per heavy atom. The molecule has 0 spiro atoms. The second kappa shape index (κ2) is 6.48. The van der Waals surface area contributed by atoms with Gasteiger partial charge in [0.2, 0.25) is 0 Å². The van der Waals surface area contributed by atoms with Gasteiger partial charge in [-0.3, -0.25) is 0 Å². The summed E-state index contributed by atoms with van der Waals surface area (Å²) in [5.74, 6) is 0.739. The monoisotopic (exact) mass is 316 g/mol. The van der Waals surface area contributed by atoms with E-state index in [1.54, 1.807) is 6.20 Å². The van der Waals surface area contributed by atoms with Gasteiger partial charge in [0.1, 0.15) is 0 Å². The second-order valence-electron chi connectivity index (χ2n) is 4.11. The number of nitrogens with zero attached hydrogens (tertiary/aromatic N) is 2. The van der Waals surface area contributed by atoms with Crippen molar-refractivity contribution in [3.8, 4) is 11.4 Å². The molecule has 1 aromatic heterocycles. The van der Waals surface area contributed by atoms with Crippen LogP contribution in [0.3, 0.4) is 0 Å². The van der Waals surface area contributed by atoms with Crippen molar-refractivity contribution in [1.82, 2.24) is 15.3 Å². The molecule has 0 bridgehead atoms. The molecule has 1 atom stereocenters. The van der Waals surface area contributed by atoms with E-state index >= 15 is 0 Å². The van der Waals surface area contributed by atoms with Crippen LogP contribution < -0.4 is 9.80 Å². The van der Waals surface area contributed by atoms with Gasteiger partial charge in [-0.2, -0.15) is 0 Å². The molecule has 2 aromatic rings. The minimum absolute atomic E-state index is 0.000140. The van der Waals surface area contributed by atoms with E-state index in [0.717, 1.165) is 15.9 Å². The molecule has 1 unspecified atom stereocenters. The summed E-state index contributed by atoms with van der Waals surface area (Å²) in [7, 11) is 0. The molecule has 2 rings (SSSR count). The topological polar surface area (TPSA) is 54.9 Å².